The zero-order valence-corrected chi connectivity index (χ0v) is 14.8. The van der Waals surface area contributed by atoms with Crippen LogP contribution in [-0.4, -0.2) is 37.9 Å². The second-order valence-electron chi connectivity index (χ2n) is 5.51. The van der Waals surface area contributed by atoms with Gasteiger partial charge in [0.05, 0.1) is 20.4 Å². The predicted molar refractivity (Wildman–Crippen MR) is 92.3 cm³/mol. The molecule has 0 aliphatic rings. The number of nitrogens with zero attached hydrogens (tertiary/aromatic N) is 1. The number of ether oxygens (including phenoxy) is 3. The summed E-state index contributed by atoms with van der Waals surface area (Å²) in [7, 11) is 2.82. The number of amides is 1. The maximum absolute atomic E-state index is 12.3. The molecule has 0 aliphatic heterocycles. The van der Waals surface area contributed by atoms with E-state index in [1.54, 1.807) is 24.4 Å². The van der Waals surface area contributed by atoms with E-state index in [9.17, 15) is 18.0 Å². The van der Waals surface area contributed by atoms with E-state index in [-0.39, 0.29) is 23.8 Å². The second-order valence-corrected chi connectivity index (χ2v) is 5.51. The van der Waals surface area contributed by atoms with E-state index >= 15 is 0 Å². The molecule has 1 aromatic heterocycles. The first-order chi connectivity index (χ1) is 12.8. The minimum Gasteiger partial charge on any atom is -0.494 e. The van der Waals surface area contributed by atoms with Gasteiger partial charge < -0.3 is 19.5 Å². The number of nitrogens with one attached hydrogen (secondary N) is 1. The number of hydrogen-bond donors (Lipinski definition) is 1. The lowest BCUT2D eigenvalue weighted by molar-refractivity contribution is -0.153. The standard InChI is InChI=1S/C18H19F3N2O4/c1-25-14-7-8-22-10-13(14)23-17(24)6-4-12-3-5-15(16(9-12)26-2)27-11-18(19,20)21/h3,5,7-10H,4,6,11H2,1-2H3,(H,23,24). The van der Waals surface area contributed by atoms with Gasteiger partial charge in [0.25, 0.3) is 0 Å². The van der Waals surface area contributed by atoms with Crippen LogP contribution in [0.2, 0.25) is 0 Å². The molecule has 0 unspecified atom stereocenters. The summed E-state index contributed by atoms with van der Waals surface area (Å²) in [6, 6.07) is 6.15. The molecule has 146 valence electrons. The Morgan fingerprint density at radius 3 is 2.52 bits per heavy atom. The molecule has 1 heterocycles. The fourth-order valence-electron chi connectivity index (χ4n) is 2.27. The van der Waals surface area contributed by atoms with Crippen molar-refractivity contribution in [1.29, 1.82) is 0 Å². The van der Waals surface area contributed by atoms with Crippen LogP contribution in [0.25, 0.3) is 0 Å². The Bertz CT molecular complexity index is 781. The van der Waals surface area contributed by atoms with Gasteiger partial charge in [0, 0.05) is 18.7 Å². The van der Waals surface area contributed by atoms with Crippen molar-refractivity contribution in [2.75, 3.05) is 26.1 Å². The van der Waals surface area contributed by atoms with E-state index in [0.29, 0.717) is 17.9 Å². The summed E-state index contributed by atoms with van der Waals surface area (Å²) in [5.41, 5.74) is 1.18. The molecule has 2 aromatic rings. The first-order valence-electron chi connectivity index (χ1n) is 7.96. The highest BCUT2D eigenvalue weighted by Gasteiger charge is 2.29. The van der Waals surface area contributed by atoms with Crippen molar-refractivity contribution in [3.05, 3.63) is 42.2 Å². The molecule has 1 amide bonds. The Morgan fingerprint density at radius 1 is 1.11 bits per heavy atom. The van der Waals surface area contributed by atoms with Crippen LogP contribution in [0.4, 0.5) is 18.9 Å². The lowest BCUT2D eigenvalue weighted by Gasteiger charge is -2.13. The van der Waals surface area contributed by atoms with E-state index in [1.807, 2.05) is 0 Å². The molecule has 0 saturated carbocycles. The summed E-state index contributed by atoms with van der Waals surface area (Å²) in [6.45, 7) is -1.40. The molecule has 27 heavy (non-hydrogen) atoms. The molecule has 0 radical (unpaired) electrons. The highest BCUT2D eigenvalue weighted by Crippen LogP contribution is 2.30. The van der Waals surface area contributed by atoms with Gasteiger partial charge in [-0.05, 0) is 24.1 Å². The fraction of sp³-hybridized carbons (Fsp3) is 0.333. The summed E-state index contributed by atoms with van der Waals surface area (Å²) in [5, 5.41) is 2.70. The van der Waals surface area contributed by atoms with Gasteiger partial charge in [0.1, 0.15) is 11.4 Å². The van der Waals surface area contributed by atoms with Gasteiger partial charge in [0.15, 0.2) is 18.1 Å². The van der Waals surface area contributed by atoms with Crippen LogP contribution in [0.1, 0.15) is 12.0 Å². The normalized spacial score (nSPS) is 11.0. The quantitative estimate of drug-likeness (QED) is 0.753. The van der Waals surface area contributed by atoms with Crippen molar-refractivity contribution in [3.63, 3.8) is 0 Å². The number of methoxy groups -OCH3 is 2. The topological polar surface area (TPSA) is 69.7 Å². The molecule has 6 nitrogen and oxygen atoms in total. The zero-order valence-electron chi connectivity index (χ0n) is 14.8. The van der Waals surface area contributed by atoms with Crippen LogP contribution in [-0.2, 0) is 11.2 Å². The monoisotopic (exact) mass is 384 g/mol. The van der Waals surface area contributed by atoms with Crippen molar-refractivity contribution in [1.82, 2.24) is 4.98 Å². The van der Waals surface area contributed by atoms with Crippen molar-refractivity contribution in [2.45, 2.75) is 19.0 Å². The van der Waals surface area contributed by atoms with Gasteiger partial charge in [-0.15, -0.1) is 0 Å². The molecule has 0 fully saturated rings. The number of carbonyl (C=O) groups is 1. The number of carbonyl (C=O) groups excluding carboxylic acids is 1. The van der Waals surface area contributed by atoms with E-state index in [1.165, 1.54) is 26.5 Å². The molecule has 2 rings (SSSR count). The van der Waals surface area contributed by atoms with Gasteiger partial charge >= 0.3 is 6.18 Å². The third-order valence-electron chi connectivity index (χ3n) is 3.54. The van der Waals surface area contributed by atoms with Gasteiger partial charge in [0.2, 0.25) is 5.91 Å². The van der Waals surface area contributed by atoms with Crippen molar-refractivity contribution in [2.24, 2.45) is 0 Å². The first-order valence-corrected chi connectivity index (χ1v) is 7.96. The van der Waals surface area contributed by atoms with Crippen LogP contribution in [0.5, 0.6) is 17.2 Å². The lowest BCUT2D eigenvalue weighted by atomic mass is 10.1. The number of hydrogen-bond acceptors (Lipinski definition) is 5. The highest BCUT2D eigenvalue weighted by atomic mass is 19.4. The maximum atomic E-state index is 12.3. The summed E-state index contributed by atoms with van der Waals surface area (Å²) in [5.74, 6) is 0.401. The Hall–Kier alpha value is -2.97. The highest BCUT2D eigenvalue weighted by molar-refractivity contribution is 5.92. The number of rotatable bonds is 8. The third kappa shape index (κ3) is 6.36. The average Bonchev–Trinajstić information content (AvgIpc) is 2.64. The van der Waals surface area contributed by atoms with Gasteiger partial charge in [-0.1, -0.05) is 6.07 Å². The number of anilines is 1. The van der Waals surface area contributed by atoms with Crippen molar-refractivity contribution < 1.29 is 32.2 Å². The number of aryl methyl sites for hydroxylation is 1. The minimum absolute atomic E-state index is 0.0110. The Kier molecular flexibility index (Phi) is 6.86. The molecule has 1 N–H and O–H groups in total. The van der Waals surface area contributed by atoms with Crippen LogP contribution in [0.15, 0.2) is 36.7 Å². The van der Waals surface area contributed by atoms with Crippen LogP contribution in [0, 0.1) is 0 Å². The maximum Gasteiger partial charge on any atom is 0.422 e. The van der Waals surface area contributed by atoms with Crippen LogP contribution >= 0.6 is 0 Å². The third-order valence-corrected chi connectivity index (χ3v) is 3.54. The minimum atomic E-state index is -4.44. The number of pyridine rings is 1. The fourth-order valence-corrected chi connectivity index (χ4v) is 2.27. The number of halogens is 3. The smallest absolute Gasteiger partial charge is 0.422 e. The summed E-state index contributed by atoms with van der Waals surface area (Å²) < 4.78 is 51.8. The molecule has 0 spiro atoms. The second kappa shape index (κ2) is 9.11. The van der Waals surface area contributed by atoms with Crippen molar-refractivity contribution in [3.8, 4) is 17.2 Å². The van der Waals surface area contributed by atoms with Crippen LogP contribution < -0.4 is 19.5 Å². The zero-order chi connectivity index (χ0) is 19.9. The largest absolute Gasteiger partial charge is 0.494 e. The van der Waals surface area contributed by atoms with Gasteiger partial charge in [-0.2, -0.15) is 13.2 Å². The SMILES string of the molecule is COc1ccncc1NC(=O)CCc1ccc(OCC(F)(F)F)c(OC)c1. The predicted octanol–water partition coefficient (Wildman–Crippen LogP) is 3.61. The first kappa shape index (κ1) is 20.3. The molecular formula is C18H19F3N2O4. The summed E-state index contributed by atoms with van der Waals surface area (Å²) >= 11 is 0. The lowest BCUT2D eigenvalue weighted by Crippen LogP contribution is -2.19. The molecular weight excluding hydrogens is 365 g/mol. The molecule has 0 atom stereocenters. The molecule has 0 bridgehead atoms. The van der Waals surface area contributed by atoms with E-state index in [2.05, 4.69) is 10.3 Å². The van der Waals surface area contributed by atoms with Crippen molar-refractivity contribution >= 4 is 11.6 Å². The molecule has 0 saturated heterocycles. The van der Waals surface area contributed by atoms with Gasteiger partial charge in [-0.3, -0.25) is 9.78 Å². The molecule has 0 aliphatic carbocycles. The molecule has 1 aromatic carbocycles. The average molecular weight is 384 g/mol. The number of benzene rings is 1. The number of aromatic nitrogens is 1. The Labute approximate surface area is 154 Å². The van der Waals surface area contributed by atoms with E-state index < -0.39 is 12.8 Å². The Morgan fingerprint density at radius 2 is 1.85 bits per heavy atom. The molecule has 9 heteroatoms. The van der Waals surface area contributed by atoms with Gasteiger partial charge in [-0.25, -0.2) is 0 Å². The number of alkyl halides is 3. The Balaban J connectivity index is 1.96. The summed E-state index contributed by atoms with van der Waals surface area (Å²) in [4.78, 5) is 16.0. The van der Waals surface area contributed by atoms with E-state index in [0.717, 1.165) is 5.56 Å². The van der Waals surface area contributed by atoms with E-state index in [4.69, 9.17) is 14.2 Å². The van der Waals surface area contributed by atoms with Crippen LogP contribution in [0.3, 0.4) is 0 Å². The summed E-state index contributed by atoms with van der Waals surface area (Å²) in [6.07, 6.45) is -0.890.